The van der Waals surface area contributed by atoms with Gasteiger partial charge in [0.1, 0.15) is 5.69 Å². The van der Waals surface area contributed by atoms with Crippen molar-refractivity contribution in [1.82, 2.24) is 15.1 Å². The molecule has 1 aromatic heterocycles. The Morgan fingerprint density at radius 2 is 2.14 bits per heavy atom. The van der Waals surface area contributed by atoms with Crippen LogP contribution in [0.15, 0.2) is 24.3 Å². The SMILES string of the molecule is Cn1nc(C(=O)NC2CCc3cc(Cl)ccc32)cc1C1CC1. The van der Waals surface area contributed by atoms with Gasteiger partial charge in [0, 0.05) is 23.7 Å². The van der Waals surface area contributed by atoms with E-state index in [1.165, 1.54) is 29.7 Å². The lowest BCUT2D eigenvalue weighted by Gasteiger charge is -2.13. The molecule has 4 nitrogen and oxygen atoms in total. The minimum atomic E-state index is -0.0877. The fourth-order valence-corrected chi connectivity index (χ4v) is 3.52. The Kier molecular flexibility index (Phi) is 3.22. The molecule has 0 spiro atoms. The number of carbonyl (C=O) groups is 1. The van der Waals surface area contributed by atoms with Crippen LogP contribution in [-0.4, -0.2) is 15.7 Å². The summed E-state index contributed by atoms with van der Waals surface area (Å²) in [6.45, 7) is 0. The van der Waals surface area contributed by atoms with Crippen LogP contribution in [0.2, 0.25) is 5.02 Å². The molecule has 1 saturated carbocycles. The number of benzene rings is 1. The van der Waals surface area contributed by atoms with Gasteiger partial charge < -0.3 is 5.32 Å². The second-order valence-electron chi connectivity index (χ2n) is 6.26. The zero-order valence-corrected chi connectivity index (χ0v) is 13.2. The van der Waals surface area contributed by atoms with Crippen LogP contribution < -0.4 is 5.32 Å². The van der Waals surface area contributed by atoms with Gasteiger partial charge in [-0.15, -0.1) is 0 Å². The van der Waals surface area contributed by atoms with Gasteiger partial charge in [-0.3, -0.25) is 9.48 Å². The van der Waals surface area contributed by atoms with E-state index in [1.54, 1.807) is 0 Å². The fourth-order valence-electron chi connectivity index (χ4n) is 3.32. The molecule has 0 aliphatic heterocycles. The number of hydrogen-bond donors (Lipinski definition) is 1. The number of carbonyl (C=O) groups excluding carboxylic acids is 1. The highest BCUT2D eigenvalue weighted by Crippen LogP contribution is 2.40. The molecule has 1 aromatic carbocycles. The van der Waals surface area contributed by atoms with Crippen molar-refractivity contribution in [3.05, 3.63) is 51.8 Å². The molecular formula is C17H18ClN3O. The maximum Gasteiger partial charge on any atom is 0.272 e. The third-order valence-electron chi connectivity index (χ3n) is 4.63. The summed E-state index contributed by atoms with van der Waals surface area (Å²) in [5, 5.41) is 8.23. The number of nitrogens with one attached hydrogen (secondary N) is 1. The summed E-state index contributed by atoms with van der Waals surface area (Å²) in [6.07, 6.45) is 4.29. The fraction of sp³-hybridized carbons (Fsp3) is 0.412. The van der Waals surface area contributed by atoms with E-state index < -0.39 is 0 Å². The number of halogens is 1. The molecule has 22 heavy (non-hydrogen) atoms. The molecule has 1 amide bonds. The standard InChI is InChI=1S/C17H18ClN3O/c1-21-16(10-2-3-10)9-15(20-21)17(22)19-14-7-4-11-8-12(18)5-6-13(11)14/h5-6,8-10,14H,2-4,7H2,1H3,(H,19,22). The molecule has 1 unspecified atom stereocenters. The molecule has 0 radical (unpaired) electrons. The van der Waals surface area contributed by atoms with Crippen LogP contribution in [0.3, 0.4) is 0 Å². The lowest BCUT2D eigenvalue weighted by Crippen LogP contribution is -2.27. The molecular weight excluding hydrogens is 298 g/mol. The smallest absolute Gasteiger partial charge is 0.272 e. The number of aryl methyl sites for hydroxylation is 2. The molecule has 0 saturated heterocycles. The average molecular weight is 316 g/mol. The van der Waals surface area contributed by atoms with Crippen molar-refractivity contribution in [2.75, 3.05) is 0 Å². The normalized spacial score (nSPS) is 20.0. The van der Waals surface area contributed by atoms with Crippen molar-refractivity contribution in [2.45, 2.75) is 37.6 Å². The summed E-state index contributed by atoms with van der Waals surface area (Å²) in [4.78, 5) is 12.5. The van der Waals surface area contributed by atoms with Crippen LogP contribution in [0.25, 0.3) is 0 Å². The first-order valence-corrected chi connectivity index (χ1v) is 8.13. The van der Waals surface area contributed by atoms with Gasteiger partial charge in [-0.05, 0) is 55.0 Å². The van der Waals surface area contributed by atoms with Crippen molar-refractivity contribution in [3.8, 4) is 0 Å². The third kappa shape index (κ3) is 2.41. The molecule has 2 aromatic rings. The summed E-state index contributed by atoms with van der Waals surface area (Å²) in [5.74, 6) is 0.503. The van der Waals surface area contributed by atoms with Crippen molar-refractivity contribution in [1.29, 1.82) is 0 Å². The Balaban J connectivity index is 1.52. The average Bonchev–Trinajstić information content (AvgIpc) is 3.15. The van der Waals surface area contributed by atoms with E-state index in [4.69, 9.17) is 11.6 Å². The van der Waals surface area contributed by atoms with Gasteiger partial charge in [-0.2, -0.15) is 5.10 Å². The van der Waals surface area contributed by atoms with Crippen LogP contribution in [0, 0.1) is 0 Å². The first-order valence-electron chi connectivity index (χ1n) is 7.75. The predicted octanol–water partition coefficient (Wildman–Crippen LogP) is 3.37. The lowest BCUT2D eigenvalue weighted by atomic mass is 10.1. The van der Waals surface area contributed by atoms with Gasteiger partial charge in [0.2, 0.25) is 0 Å². The van der Waals surface area contributed by atoms with E-state index in [0.29, 0.717) is 11.6 Å². The van der Waals surface area contributed by atoms with Crippen LogP contribution in [0.5, 0.6) is 0 Å². The highest BCUT2D eigenvalue weighted by Gasteiger charge is 2.29. The molecule has 4 rings (SSSR count). The zero-order valence-electron chi connectivity index (χ0n) is 12.5. The molecule has 1 fully saturated rings. The lowest BCUT2D eigenvalue weighted by molar-refractivity contribution is 0.0931. The molecule has 114 valence electrons. The van der Waals surface area contributed by atoms with Crippen LogP contribution in [0.4, 0.5) is 0 Å². The maximum atomic E-state index is 12.5. The largest absolute Gasteiger partial charge is 0.344 e. The molecule has 1 heterocycles. The maximum absolute atomic E-state index is 12.5. The Labute approximate surface area is 134 Å². The number of hydrogen-bond acceptors (Lipinski definition) is 2. The molecule has 0 bridgehead atoms. The summed E-state index contributed by atoms with van der Waals surface area (Å²) in [5.41, 5.74) is 4.10. The van der Waals surface area contributed by atoms with E-state index in [0.717, 1.165) is 17.9 Å². The van der Waals surface area contributed by atoms with Gasteiger partial charge in [-0.1, -0.05) is 17.7 Å². The number of aromatic nitrogens is 2. The molecule has 1 N–H and O–H groups in total. The molecule has 5 heteroatoms. The summed E-state index contributed by atoms with van der Waals surface area (Å²) < 4.78 is 1.84. The minimum absolute atomic E-state index is 0.0612. The first-order chi connectivity index (χ1) is 10.6. The second kappa shape index (κ2) is 5.13. The van der Waals surface area contributed by atoms with Crippen molar-refractivity contribution < 1.29 is 4.79 Å². The van der Waals surface area contributed by atoms with Gasteiger partial charge in [0.15, 0.2) is 0 Å². The summed E-state index contributed by atoms with van der Waals surface area (Å²) >= 11 is 6.03. The number of fused-ring (bicyclic) bond motifs is 1. The van der Waals surface area contributed by atoms with E-state index in [-0.39, 0.29) is 11.9 Å². The van der Waals surface area contributed by atoms with Crippen LogP contribution in [0.1, 0.15) is 58.5 Å². The van der Waals surface area contributed by atoms with Gasteiger partial charge in [0.25, 0.3) is 5.91 Å². The Hall–Kier alpha value is -1.81. The quantitative estimate of drug-likeness (QED) is 0.944. The van der Waals surface area contributed by atoms with E-state index in [9.17, 15) is 4.79 Å². The van der Waals surface area contributed by atoms with Crippen molar-refractivity contribution in [3.63, 3.8) is 0 Å². The topological polar surface area (TPSA) is 46.9 Å². The zero-order chi connectivity index (χ0) is 15.3. The Bertz CT molecular complexity index is 748. The monoisotopic (exact) mass is 315 g/mol. The van der Waals surface area contributed by atoms with Gasteiger partial charge >= 0.3 is 0 Å². The highest BCUT2D eigenvalue weighted by atomic mass is 35.5. The van der Waals surface area contributed by atoms with Crippen LogP contribution >= 0.6 is 11.6 Å². The number of nitrogens with zero attached hydrogens (tertiary/aromatic N) is 2. The molecule has 2 aliphatic rings. The van der Waals surface area contributed by atoms with Gasteiger partial charge in [0.05, 0.1) is 6.04 Å². The third-order valence-corrected chi connectivity index (χ3v) is 4.87. The van der Waals surface area contributed by atoms with E-state index in [1.807, 2.05) is 36.0 Å². The molecule has 2 aliphatic carbocycles. The summed E-state index contributed by atoms with van der Waals surface area (Å²) in [7, 11) is 1.91. The van der Waals surface area contributed by atoms with E-state index >= 15 is 0 Å². The highest BCUT2D eigenvalue weighted by molar-refractivity contribution is 6.30. The van der Waals surface area contributed by atoms with Crippen molar-refractivity contribution in [2.24, 2.45) is 7.05 Å². The predicted molar refractivity (Wildman–Crippen MR) is 85.2 cm³/mol. The number of rotatable bonds is 3. The summed E-state index contributed by atoms with van der Waals surface area (Å²) in [6, 6.07) is 7.89. The van der Waals surface area contributed by atoms with Crippen molar-refractivity contribution >= 4 is 17.5 Å². The van der Waals surface area contributed by atoms with Crippen LogP contribution in [-0.2, 0) is 13.5 Å². The van der Waals surface area contributed by atoms with E-state index in [2.05, 4.69) is 10.4 Å². The second-order valence-corrected chi connectivity index (χ2v) is 6.70. The first kappa shape index (κ1) is 13.8. The van der Waals surface area contributed by atoms with Gasteiger partial charge in [-0.25, -0.2) is 0 Å². The molecule has 1 atom stereocenters. The minimum Gasteiger partial charge on any atom is -0.344 e. The Morgan fingerprint density at radius 1 is 1.32 bits per heavy atom. The number of amides is 1. The Morgan fingerprint density at radius 3 is 2.91 bits per heavy atom.